The van der Waals surface area contributed by atoms with E-state index in [2.05, 4.69) is 52.8 Å². The molecule has 0 heterocycles. The van der Waals surface area contributed by atoms with Crippen molar-refractivity contribution in [1.29, 1.82) is 0 Å². The summed E-state index contributed by atoms with van der Waals surface area (Å²) in [6.45, 7) is 19.8. The standard InChI is InChI=1S/C20H42O7Si3/c1-9-10-15-28(3,4)26-30(7,8)27-29(5,6)16-11-12-24-13-14-25-19(21)17-18(2)20(22)23/h2,9-17H2,1,3-8H3,(H,22,23). The van der Waals surface area contributed by atoms with Crippen LogP contribution in [0.15, 0.2) is 12.2 Å². The number of hydrogen-bond acceptors (Lipinski definition) is 6. The summed E-state index contributed by atoms with van der Waals surface area (Å²) in [6, 6.07) is 2.15. The highest BCUT2D eigenvalue weighted by molar-refractivity contribution is 6.87. The molecular formula is C20H42O7Si3. The second-order valence-electron chi connectivity index (χ2n) is 9.25. The van der Waals surface area contributed by atoms with Gasteiger partial charge in [0.25, 0.3) is 0 Å². The topological polar surface area (TPSA) is 91.3 Å². The SMILES string of the molecule is C=C(CC(=O)OCCOCCC[Si](C)(C)O[Si](C)(C)O[Si](C)(C)CCCC)C(=O)O. The van der Waals surface area contributed by atoms with Gasteiger partial charge in [-0.15, -0.1) is 0 Å². The Balaban J connectivity index is 4.10. The molecule has 10 heteroatoms. The summed E-state index contributed by atoms with van der Waals surface area (Å²) in [6.07, 6.45) is 2.97. The number of carbonyl (C=O) groups excluding carboxylic acids is 1. The Bertz CT molecular complexity index is 563. The summed E-state index contributed by atoms with van der Waals surface area (Å²) in [5, 5.41) is 8.68. The molecule has 7 nitrogen and oxygen atoms in total. The molecule has 0 bridgehead atoms. The first-order valence-corrected chi connectivity index (χ1v) is 19.8. The van der Waals surface area contributed by atoms with Crippen LogP contribution in [0.1, 0.15) is 32.6 Å². The van der Waals surface area contributed by atoms with Crippen LogP contribution in [0.3, 0.4) is 0 Å². The third-order valence-corrected chi connectivity index (χ3v) is 15.9. The maximum Gasteiger partial charge on any atom is 0.331 e. The van der Waals surface area contributed by atoms with Gasteiger partial charge in [0.1, 0.15) is 6.61 Å². The molecule has 0 amide bonds. The number of carboxylic acid groups (broad SMARTS) is 1. The van der Waals surface area contributed by atoms with Crippen molar-refractivity contribution in [3.8, 4) is 0 Å². The summed E-state index contributed by atoms with van der Waals surface area (Å²) in [7, 11) is -5.70. The molecule has 0 spiro atoms. The van der Waals surface area contributed by atoms with Crippen molar-refractivity contribution in [3.63, 3.8) is 0 Å². The molecular weight excluding hydrogens is 436 g/mol. The molecule has 0 aromatic heterocycles. The quantitative estimate of drug-likeness (QED) is 0.137. The van der Waals surface area contributed by atoms with Crippen molar-refractivity contribution in [2.24, 2.45) is 0 Å². The Labute approximate surface area is 185 Å². The lowest BCUT2D eigenvalue weighted by molar-refractivity contribution is -0.146. The van der Waals surface area contributed by atoms with E-state index in [1.54, 1.807) is 0 Å². The van der Waals surface area contributed by atoms with E-state index >= 15 is 0 Å². The van der Waals surface area contributed by atoms with Gasteiger partial charge in [0.2, 0.25) is 0 Å². The number of carboxylic acids is 1. The first-order valence-electron chi connectivity index (χ1n) is 10.7. The molecule has 0 unspecified atom stereocenters. The third kappa shape index (κ3) is 15.1. The predicted molar refractivity (Wildman–Crippen MR) is 127 cm³/mol. The van der Waals surface area contributed by atoms with Gasteiger partial charge in [0.15, 0.2) is 16.6 Å². The Hall–Kier alpha value is -0.789. The van der Waals surface area contributed by atoms with Crippen molar-refractivity contribution < 1.29 is 32.4 Å². The number of rotatable bonds is 17. The van der Waals surface area contributed by atoms with E-state index in [9.17, 15) is 9.59 Å². The molecule has 0 aromatic rings. The molecule has 0 aliphatic rings. The molecule has 0 rings (SSSR count). The van der Waals surface area contributed by atoms with Crippen LogP contribution in [0.25, 0.3) is 0 Å². The maximum absolute atomic E-state index is 11.5. The van der Waals surface area contributed by atoms with Gasteiger partial charge in [-0.2, -0.15) is 0 Å². The monoisotopic (exact) mass is 478 g/mol. The lowest BCUT2D eigenvalue weighted by Crippen LogP contribution is -2.52. The molecule has 0 fully saturated rings. The van der Waals surface area contributed by atoms with E-state index in [1.165, 1.54) is 18.9 Å². The van der Waals surface area contributed by atoms with Gasteiger partial charge >= 0.3 is 20.5 Å². The molecule has 0 saturated heterocycles. The van der Waals surface area contributed by atoms with Gasteiger partial charge in [-0.1, -0.05) is 26.3 Å². The average molecular weight is 479 g/mol. The van der Waals surface area contributed by atoms with Crippen LogP contribution >= 0.6 is 0 Å². The van der Waals surface area contributed by atoms with Crippen LogP contribution in [-0.2, 0) is 27.3 Å². The van der Waals surface area contributed by atoms with Crippen molar-refractivity contribution in [2.75, 3.05) is 19.8 Å². The van der Waals surface area contributed by atoms with E-state index in [4.69, 9.17) is 22.8 Å². The molecule has 0 aliphatic carbocycles. The number of esters is 1. The van der Waals surface area contributed by atoms with Crippen molar-refractivity contribution in [1.82, 2.24) is 0 Å². The second-order valence-corrected chi connectivity index (χ2v) is 21.7. The van der Waals surface area contributed by atoms with E-state index in [0.717, 1.165) is 12.5 Å². The highest BCUT2D eigenvalue weighted by atomic mass is 28.5. The number of unbranched alkanes of at least 4 members (excludes halogenated alkanes) is 1. The fraction of sp³-hybridized carbons (Fsp3) is 0.800. The Kier molecular flexibility index (Phi) is 13.2. The zero-order chi connectivity index (χ0) is 23.4. The number of hydrogen-bond donors (Lipinski definition) is 1. The van der Waals surface area contributed by atoms with Crippen LogP contribution in [0.4, 0.5) is 0 Å². The van der Waals surface area contributed by atoms with Crippen LogP contribution in [0.2, 0.25) is 51.4 Å². The summed E-state index contributed by atoms with van der Waals surface area (Å²) < 4.78 is 23.6. The Morgan fingerprint density at radius 2 is 1.40 bits per heavy atom. The normalized spacial score (nSPS) is 12.6. The highest BCUT2D eigenvalue weighted by Crippen LogP contribution is 2.26. The zero-order valence-corrected chi connectivity index (χ0v) is 23.0. The number of ether oxygens (including phenoxy) is 2. The molecule has 176 valence electrons. The lowest BCUT2D eigenvalue weighted by atomic mass is 10.2. The largest absolute Gasteiger partial charge is 0.478 e. The van der Waals surface area contributed by atoms with Crippen molar-refractivity contribution in [2.45, 2.75) is 84.0 Å². The summed E-state index contributed by atoms with van der Waals surface area (Å²) in [5.41, 5.74) is -0.181. The second kappa shape index (κ2) is 13.6. The molecule has 0 saturated carbocycles. The summed E-state index contributed by atoms with van der Waals surface area (Å²) >= 11 is 0. The van der Waals surface area contributed by atoms with E-state index < -0.39 is 37.1 Å². The molecule has 1 N–H and O–H groups in total. The maximum atomic E-state index is 11.5. The van der Waals surface area contributed by atoms with Crippen LogP contribution in [-0.4, -0.2) is 62.1 Å². The molecule has 30 heavy (non-hydrogen) atoms. The molecule has 0 atom stereocenters. The van der Waals surface area contributed by atoms with E-state index in [-0.39, 0.29) is 25.2 Å². The minimum absolute atomic E-state index is 0.105. The Morgan fingerprint density at radius 3 is 1.90 bits per heavy atom. The fourth-order valence-electron chi connectivity index (χ4n) is 3.27. The zero-order valence-electron chi connectivity index (χ0n) is 20.0. The van der Waals surface area contributed by atoms with Crippen LogP contribution in [0, 0.1) is 0 Å². The lowest BCUT2D eigenvalue weighted by Gasteiger charge is -2.38. The average Bonchev–Trinajstić information content (AvgIpc) is 2.56. The fourth-order valence-corrected chi connectivity index (χ4v) is 17.5. The minimum Gasteiger partial charge on any atom is -0.478 e. The Morgan fingerprint density at radius 1 is 0.867 bits per heavy atom. The van der Waals surface area contributed by atoms with Gasteiger partial charge < -0.3 is 22.8 Å². The van der Waals surface area contributed by atoms with Gasteiger partial charge in [-0.3, -0.25) is 4.79 Å². The third-order valence-electron chi connectivity index (χ3n) is 4.39. The van der Waals surface area contributed by atoms with Crippen molar-refractivity contribution >= 4 is 37.1 Å². The smallest absolute Gasteiger partial charge is 0.331 e. The highest BCUT2D eigenvalue weighted by Gasteiger charge is 2.39. The molecule has 0 radical (unpaired) electrons. The number of aliphatic carboxylic acids is 1. The minimum atomic E-state index is -2.16. The van der Waals surface area contributed by atoms with Crippen LogP contribution in [0.5, 0.6) is 0 Å². The molecule has 0 aromatic carbocycles. The molecule has 0 aliphatic heterocycles. The summed E-state index contributed by atoms with van der Waals surface area (Å²) in [4.78, 5) is 22.1. The van der Waals surface area contributed by atoms with E-state index in [0.29, 0.717) is 6.61 Å². The van der Waals surface area contributed by atoms with Crippen molar-refractivity contribution in [3.05, 3.63) is 12.2 Å². The first kappa shape index (κ1) is 29.2. The first-order chi connectivity index (χ1) is 13.7. The predicted octanol–water partition coefficient (Wildman–Crippen LogP) is 4.91. The van der Waals surface area contributed by atoms with Gasteiger partial charge in [-0.25, -0.2) is 4.79 Å². The summed E-state index contributed by atoms with van der Waals surface area (Å²) in [5.74, 6) is -1.80. The van der Waals surface area contributed by atoms with Gasteiger partial charge in [0, 0.05) is 12.2 Å². The van der Waals surface area contributed by atoms with Gasteiger partial charge in [0.05, 0.1) is 13.0 Å². The van der Waals surface area contributed by atoms with Crippen LogP contribution < -0.4 is 0 Å². The van der Waals surface area contributed by atoms with E-state index in [1.807, 2.05) is 0 Å². The number of carbonyl (C=O) groups is 2. The van der Waals surface area contributed by atoms with Gasteiger partial charge in [-0.05, 0) is 57.8 Å².